The number of hydrogen-bond donors (Lipinski definition) is 1. The highest BCUT2D eigenvalue weighted by atomic mass is 16.7. The molecule has 0 bridgehead atoms. The second kappa shape index (κ2) is 8.29. The Morgan fingerprint density at radius 3 is 2.44 bits per heavy atom. The van der Waals surface area contributed by atoms with Crippen LogP contribution >= 0.6 is 0 Å². The monoisotopic (exact) mass is 436 g/mol. The molecule has 1 N–H and O–H groups in total. The van der Waals surface area contributed by atoms with Gasteiger partial charge in [-0.05, 0) is 42.8 Å². The molecule has 1 saturated heterocycles. The van der Waals surface area contributed by atoms with Crippen LogP contribution in [0.3, 0.4) is 0 Å². The first-order valence-corrected chi connectivity index (χ1v) is 10.6. The first-order chi connectivity index (χ1) is 15.5. The minimum absolute atomic E-state index is 0.0197. The lowest BCUT2D eigenvalue weighted by Gasteiger charge is -2.34. The Hall–Kier alpha value is -3.36. The SMILES string of the molecule is CC(=O)c1cc2ccc(O)c(CN3CCN(Cc4ccc5c(c4)OCO5)CC3)c2oc1=O. The van der Waals surface area contributed by atoms with Gasteiger partial charge in [0.05, 0.1) is 5.56 Å². The third kappa shape index (κ3) is 3.94. The van der Waals surface area contributed by atoms with Crippen LogP contribution in [-0.4, -0.2) is 53.7 Å². The molecule has 3 heterocycles. The third-order valence-electron chi connectivity index (χ3n) is 6.05. The van der Waals surface area contributed by atoms with Crippen LogP contribution in [0.1, 0.15) is 28.4 Å². The zero-order valence-electron chi connectivity index (χ0n) is 17.8. The Kier molecular flexibility index (Phi) is 5.32. The van der Waals surface area contributed by atoms with E-state index in [4.69, 9.17) is 13.9 Å². The lowest BCUT2D eigenvalue weighted by Crippen LogP contribution is -2.45. The van der Waals surface area contributed by atoms with Gasteiger partial charge >= 0.3 is 5.63 Å². The summed E-state index contributed by atoms with van der Waals surface area (Å²) in [4.78, 5) is 28.5. The fraction of sp³-hybridized carbons (Fsp3) is 0.333. The number of benzene rings is 2. The Balaban J connectivity index is 1.28. The summed E-state index contributed by atoms with van der Waals surface area (Å²) in [5.41, 5.74) is 1.43. The lowest BCUT2D eigenvalue weighted by atomic mass is 10.1. The first kappa shape index (κ1) is 20.5. The van der Waals surface area contributed by atoms with E-state index in [1.807, 2.05) is 12.1 Å². The second-order valence-corrected chi connectivity index (χ2v) is 8.23. The van der Waals surface area contributed by atoms with E-state index in [0.29, 0.717) is 23.1 Å². The number of phenols is 1. The van der Waals surface area contributed by atoms with E-state index in [1.165, 1.54) is 18.6 Å². The summed E-state index contributed by atoms with van der Waals surface area (Å²) in [5, 5.41) is 11.1. The summed E-state index contributed by atoms with van der Waals surface area (Å²) in [6.45, 7) is 6.27. The number of hydrogen-bond acceptors (Lipinski definition) is 8. The summed E-state index contributed by atoms with van der Waals surface area (Å²) in [6, 6.07) is 10.8. The molecule has 1 aromatic heterocycles. The van der Waals surface area contributed by atoms with Crippen molar-refractivity contribution in [1.82, 2.24) is 9.80 Å². The van der Waals surface area contributed by atoms with Crippen molar-refractivity contribution >= 4 is 16.8 Å². The van der Waals surface area contributed by atoms with Gasteiger partial charge in [0.25, 0.3) is 0 Å². The fourth-order valence-electron chi connectivity index (χ4n) is 4.26. The maximum atomic E-state index is 12.2. The largest absolute Gasteiger partial charge is 0.507 e. The number of nitrogens with zero attached hydrogens (tertiary/aromatic N) is 2. The highest BCUT2D eigenvalue weighted by Gasteiger charge is 2.22. The molecule has 8 nitrogen and oxygen atoms in total. The molecule has 0 saturated carbocycles. The van der Waals surface area contributed by atoms with Crippen molar-refractivity contribution in [3.63, 3.8) is 0 Å². The van der Waals surface area contributed by atoms with Crippen molar-refractivity contribution in [2.75, 3.05) is 33.0 Å². The van der Waals surface area contributed by atoms with Crippen LogP contribution in [0.4, 0.5) is 0 Å². The number of piperazine rings is 1. The van der Waals surface area contributed by atoms with E-state index in [1.54, 1.807) is 12.1 Å². The van der Waals surface area contributed by atoms with E-state index in [0.717, 1.165) is 44.2 Å². The predicted octanol–water partition coefficient (Wildman–Crippen LogP) is 2.75. The molecule has 3 aromatic rings. The predicted molar refractivity (Wildman–Crippen MR) is 117 cm³/mol. The smallest absolute Gasteiger partial charge is 0.347 e. The van der Waals surface area contributed by atoms with Gasteiger partial charge in [0.15, 0.2) is 17.3 Å². The molecule has 0 unspecified atom stereocenters. The van der Waals surface area contributed by atoms with Crippen LogP contribution in [0.25, 0.3) is 11.0 Å². The van der Waals surface area contributed by atoms with Crippen molar-refractivity contribution in [1.29, 1.82) is 0 Å². The Morgan fingerprint density at radius 1 is 0.969 bits per heavy atom. The summed E-state index contributed by atoms with van der Waals surface area (Å²) < 4.78 is 16.3. The van der Waals surface area contributed by atoms with Crippen molar-refractivity contribution in [3.05, 3.63) is 63.5 Å². The molecule has 8 heteroatoms. The second-order valence-electron chi connectivity index (χ2n) is 8.23. The van der Waals surface area contributed by atoms with Crippen molar-refractivity contribution in [3.8, 4) is 17.2 Å². The summed E-state index contributed by atoms with van der Waals surface area (Å²) in [7, 11) is 0. The van der Waals surface area contributed by atoms with Gasteiger partial charge in [-0.25, -0.2) is 4.79 Å². The number of Topliss-reactive ketones (excluding diaryl/α,β-unsaturated/α-hetero) is 1. The van der Waals surface area contributed by atoms with E-state index in [2.05, 4.69) is 15.9 Å². The number of phenolic OH excluding ortho intramolecular Hbond substituents is 1. The molecule has 0 aliphatic carbocycles. The number of ketones is 1. The van der Waals surface area contributed by atoms with Gasteiger partial charge in [-0.15, -0.1) is 0 Å². The van der Waals surface area contributed by atoms with Crippen LogP contribution in [0.15, 0.2) is 45.6 Å². The van der Waals surface area contributed by atoms with Crippen LogP contribution in [-0.2, 0) is 13.1 Å². The van der Waals surface area contributed by atoms with Gasteiger partial charge in [0, 0.05) is 44.7 Å². The van der Waals surface area contributed by atoms with Crippen molar-refractivity contribution in [2.45, 2.75) is 20.0 Å². The van der Waals surface area contributed by atoms with E-state index < -0.39 is 5.63 Å². The maximum absolute atomic E-state index is 12.2. The van der Waals surface area contributed by atoms with Gasteiger partial charge in [-0.1, -0.05) is 6.07 Å². The van der Waals surface area contributed by atoms with Gasteiger partial charge in [-0.2, -0.15) is 0 Å². The molecule has 0 atom stereocenters. The molecule has 0 amide bonds. The summed E-state index contributed by atoms with van der Waals surface area (Å²) >= 11 is 0. The molecule has 32 heavy (non-hydrogen) atoms. The molecule has 166 valence electrons. The number of aromatic hydroxyl groups is 1. The number of rotatable bonds is 5. The lowest BCUT2D eigenvalue weighted by molar-refractivity contribution is 0.101. The Labute approximate surface area is 184 Å². The van der Waals surface area contributed by atoms with E-state index in [-0.39, 0.29) is 23.9 Å². The van der Waals surface area contributed by atoms with Gasteiger partial charge in [-0.3, -0.25) is 14.6 Å². The van der Waals surface area contributed by atoms with Gasteiger partial charge in [0.2, 0.25) is 6.79 Å². The molecule has 0 radical (unpaired) electrons. The quantitative estimate of drug-likeness (QED) is 0.482. The highest BCUT2D eigenvalue weighted by Crippen LogP contribution is 2.33. The normalized spacial score (nSPS) is 16.5. The number of carbonyl (C=O) groups is 1. The van der Waals surface area contributed by atoms with E-state index in [9.17, 15) is 14.7 Å². The molecule has 5 rings (SSSR count). The zero-order chi connectivity index (χ0) is 22.2. The average Bonchev–Trinajstić information content (AvgIpc) is 3.24. The number of carbonyl (C=O) groups excluding carboxylic acids is 1. The molecular weight excluding hydrogens is 412 g/mol. The molecular formula is C24H24N2O6. The van der Waals surface area contributed by atoms with Crippen LogP contribution in [0.5, 0.6) is 17.2 Å². The van der Waals surface area contributed by atoms with E-state index >= 15 is 0 Å². The number of ether oxygens (including phenoxy) is 2. The highest BCUT2D eigenvalue weighted by molar-refractivity contribution is 5.97. The molecule has 2 aliphatic rings. The minimum Gasteiger partial charge on any atom is -0.507 e. The zero-order valence-corrected chi connectivity index (χ0v) is 17.8. The van der Waals surface area contributed by atoms with Crippen LogP contribution < -0.4 is 15.1 Å². The van der Waals surface area contributed by atoms with Crippen LogP contribution in [0, 0.1) is 0 Å². The summed E-state index contributed by atoms with van der Waals surface area (Å²) in [6.07, 6.45) is 0. The third-order valence-corrected chi connectivity index (χ3v) is 6.05. The van der Waals surface area contributed by atoms with Crippen molar-refractivity contribution < 1.29 is 23.8 Å². The number of fused-ring (bicyclic) bond motifs is 2. The summed E-state index contributed by atoms with van der Waals surface area (Å²) in [5.74, 6) is 1.32. The topological polar surface area (TPSA) is 92.5 Å². The van der Waals surface area contributed by atoms with Crippen LogP contribution in [0.2, 0.25) is 0 Å². The molecule has 0 spiro atoms. The average molecular weight is 436 g/mol. The van der Waals surface area contributed by atoms with Gasteiger partial charge < -0.3 is 19.0 Å². The fourth-order valence-corrected chi connectivity index (χ4v) is 4.26. The Morgan fingerprint density at radius 2 is 1.69 bits per heavy atom. The Bertz CT molecular complexity index is 1240. The standard InChI is InChI=1S/C24H24N2O6/c1-15(27)18-11-17-3-4-20(28)19(23(17)32-24(18)29)13-26-8-6-25(7-9-26)12-16-2-5-21-22(10-16)31-14-30-21/h2-5,10-11,28H,6-9,12-14H2,1H3. The van der Waals surface area contributed by atoms with Gasteiger partial charge in [0.1, 0.15) is 16.9 Å². The maximum Gasteiger partial charge on any atom is 0.347 e. The first-order valence-electron chi connectivity index (χ1n) is 10.6. The molecule has 2 aliphatic heterocycles. The van der Waals surface area contributed by atoms with Crippen molar-refractivity contribution in [2.24, 2.45) is 0 Å². The molecule has 2 aromatic carbocycles. The molecule has 1 fully saturated rings. The minimum atomic E-state index is -0.676.